The number of halogens is 1. The molecule has 0 aliphatic heterocycles. The van der Waals surface area contributed by atoms with Gasteiger partial charge in [0.2, 0.25) is 5.91 Å². The Hall–Kier alpha value is -2.12. The maximum Gasteiger partial charge on any atom is 0.301 e. The fourth-order valence-electron chi connectivity index (χ4n) is 1.58. The Balaban J connectivity index is 2.40. The fraction of sp³-hybridized carbons (Fsp3) is 0.0769. The molecule has 0 radical (unpaired) electrons. The summed E-state index contributed by atoms with van der Waals surface area (Å²) in [6.07, 6.45) is 1.48. The minimum Gasteiger partial charge on any atom is -0.325 e. The van der Waals surface area contributed by atoms with Crippen LogP contribution < -0.4 is 5.32 Å². The highest BCUT2D eigenvalue weighted by molar-refractivity contribution is 7.99. The summed E-state index contributed by atoms with van der Waals surface area (Å²) in [6, 6.07) is 7.78. The summed E-state index contributed by atoms with van der Waals surface area (Å²) in [5.74, 6) is -0.255. The molecule has 1 amide bonds. The van der Waals surface area contributed by atoms with Crippen LogP contribution >= 0.6 is 23.4 Å². The van der Waals surface area contributed by atoms with E-state index in [2.05, 4.69) is 10.3 Å². The van der Waals surface area contributed by atoms with Gasteiger partial charge in [0.1, 0.15) is 0 Å². The van der Waals surface area contributed by atoms with E-state index in [9.17, 15) is 14.9 Å². The summed E-state index contributed by atoms with van der Waals surface area (Å²) in [7, 11) is 0. The standard InChI is InChI=1S/C13H10ClN3O3S/c1-8(18)16-10-7-9(14)4-5-12(10)21-13-11(17(19)20)3-2-6-15-13/h2-7H,1H3,(H,16,18). The van der Waals surface area contributed by atoms with Crippen LogP contribution in [0.3, 0.4) is 0 Å². The summed E-state index contributed by atoms with van der Waals surface area (Å²) in [5, 5.41) is 14.3. The lowest BCUT2D eigenvalue weighted by molar-refractivity contribution is -0.388. The van der Waals surface area contributed by atoms with Gasteiger partial charge in [-0.05, 0) is 24.3 Å². The molecule has 1 heterocycles. The molecule has 0 unspecified atom stereocenters. The monoisotopic (exact) mass is 323 g/mol. The molecule has 1 aromatic carbocycles. The highest BCUT2D eigenvalue weighted by Crippen LogP contribution is 2.37. The van der Waals surface area contributed by atoms with E-state index in [-0.39, 0.29) is 16.6 Å². The largest absolute Gasteiger partial charge is 0.325 e. The summed E-state index contributed by atoms with van der Waals surface area (Å²) >= 11 is 6.99. The number of pyridine rings is 1. The molecule has 2 aromatic rings. The van der Waals surface area contributed by atoms with Crippen LogP contribution in [-0.2, 0) is 4.79 Å². The number of nitrogens with one attached hydrogen (secondary N) is 1. The first kappa shape index (κ1) is 15.3. The second-order valence-electron chi connectivity index (χ2n) is 4.01. The van der Waals surface area contributed by atoms with Crippen molar-refractivity contribution in [1.29, 1.82) is 0 Å². The van der Waals surface area contributed by atoms with Gasteiger partial charge in [0, 0.05) is 29.1 Å². The summed E-state index contributed by atoms with van der Waals surface area (Å²) < 4.78 is 0. The van der Waals surface area contributed by atoms with Gasteiger partial charge in [-0.15, -0.1) is 0 Å². The molecular formula is C13H10ClN3O3S. The van der Waals surface area contributed by atoms with Crippen LogP contribution in [0.2, 0.25) is 5.02 Å². The lowest BCUT2D eigenvalue weighted by atomic mass is 10.3. The number of rotatable bonds is 4. The van der Waals surface area contributed by atoms with Gasteiger partial charge in [0.05, 0.1) is 10.6 Å². The first-order valence-electron chi connectivity index (χ1n) is 5.82. The van der Waals surface area contributed by atoms with Crippen LogP contribution in [0.5, 0.6) is 0 Å². The van der Waals surface area contributed by atoms with Crippen molar-refractivity contribution in [3.63, 3.8) is 0 Å². The van der Waals surface area contributed by atoms with E-state index >= 15 is 0 Å². The van der Waals surface area contributed by atoms with Gasteiger partial charge in [-0.2, -0.15) is 0 Å². The molecule has 0 aliphatic rings. The molecule has 1 N–H and O–H groups in total. The highest BCUT2D eigenvalue weighted by Gasteiger charge is 2.17. The van der Waals surface area contributed by atoms with Gasteiger partial charge >= 0.3 is 5.69 Å². The minimum absolute atomic E-state index is 0.0915. The number of nitro groups is 1. The predicted molar refractivity (Wildman–Crippen MR) is 80.8 cm³/mol. The number of hydrogen-bond donors (Lipinski definition) is 1. The second kappa shape index (κ2) is 6.55. The molecule has 0 saturated carbocycles. The summed E-state index contributed by atoms with van der Waals surface area (Å²) in [5.41, 5.74) is 0.395. The topological polar surface area (TPSA) is 85.1 Å². The molecule has 6 nitrogen and oxygen atoms in total. The third-order valence-electron chi connectivity index (χ3n) is 2.41. The Kier molecular flexibility index (Phi) is 4.77. The van der Waals surface area contributed by atoms with Gasteiger partial charge in [0.15, 0.2) is 5.03 Å². The Morgan fingerprint density at radius 2 is 2.19 bits per heavy atom. The number of benzene rings is 1. The van der Waals surface area contributed by atoms with E-state index < -0.39 is 4.92 Å². The van der Waals surface area contributed by atoms with Crippen LogP contribution in [0.1, 0.15) is 6.92 Å². The number of nitrogens with zero attached hydrogens (tertiary/aromatic N) is 2. The van der Waals surface area contributed by atoms with Gasteiger partial charge in [0.25, 0.3) is 0 Å². The van der Waals surface area contributed by atoms with E-state index in [1.165, 1.54) is 25.3 Å². The van der Waals surface area contributed by atoms with Crippen molar-refractivity contribution in [3.8, 4) is 0 Å². The molecule has 0 atom stereocenters. The number of hydrogen-bond acceptors (Lipinski definition) is 5. The van der Waals surface area contributed by atoms with E-state index in [0.717, 1.165) is 11.8 Å². The Labute approximate surface area is 129 Å². The molecule has 108 valence electrons. The van der Waals surface area contributed by atoms with Crippen LogP contribution in [0.4, 0.5) is 11.4 Å². The smallest absolute Gasteiger partial charge is 0.301 e. The number of amides is 1. The third kappa shape index (κ3) is 3.93. The van der Waals surface area contributed by atoms with Crippen molar-refractivity contribution < 1.29 is 9.72 Å². The lowest BCUT2D eigenvalue weighted by Crippen LogP contribution is -2.06. The molecule has 0 bridgehead atoms. The third-order valence-corrected chi connectivity index (χ3v) is 3.73. The molecule has 0 saturated heterocycles. The zero-order valence-corrected chi connectivity index (χ0v) is 12.4. The molecule has 0 fully saturated rings. The molecule has 0 spiro atoms. The van der Waals surface area contributed by atoms with Crippen molar-refractivity contribution in [3.05, 3.63) is 51.7 Å². The summed E-state index contributed by atoms with van der Waals surface area (Å²) in [4.78, 5) is 26.3. The lowest BCUT2D eigenvalue weighted by Gasteiger charge is -2.09. The van der Waals surface area contributed by atoms with Crippen LogP contribution in [0.15, 0.2) is 46.5 Å². The number of carbonyl (C=O) groups excluding carboxylic acids is 1. The zero-order valence-electron chi connectivity index (χ0n) is 10.9. The second-order valence-corrected chi connectivity index (χ2v) is 5.48. The van der Waals surface area contributed by atoms with E-state index in [1.807, 2.05) is 0 Å². The molecular weight excluding hydrogens is 314 g/mol. The van der Waals surface area contributed by atoms with Gasteiger partial charge in [-0.3, -0.25) is 14.9 Å². The highest BCUT2D eigenvalue weighted by atomic mass is 35.5. The van der Waals surface area contributed by atoms with Gasteiger partial charge in [-0.25, -0.2) is 4.98 Å². The van der Waals surface area contributed by atoms with E-state index in [1.54, 1.807) is 18.2 Å². The SMILES string of the molecule is CC(=O)Nc1cc(Cl)ccc1Sc1ncccc1[N+](=O)[O-]. The normalized spacial score (nSPS) is 10.2. The van der Waals surface area contributed by atoms with Gasteiger partial charge < -0.3 is 5.32 Å². The van der Waals surface area contributed by atoms with Crippen LogP contribution in [0, 0.1) is 10.1 Å². The first-order valence-corrected chi connectivity index (χ1v) is 7.01. The predicted octanol–water partition coefficient (Wildman–Crippen LogP) is 3.75. The average molecular weight is 324 g/mol. The first-order chi connectivity index (χ1) is 9.97. The number of anilines is 1. The van der Waals surface area contributed by atoms with E-state index in [0.29, 0.717) is 15.6 Å². The Morgan fingerprint density at radius 1 is 1.43 bits per heavy atom. The fourth-order valence-corrected chi connectivity index (χ4v) is 2.68. The molecule has 0 aliphatic carbocycles. The van der Waals surface area contributed by atoms with Crippen molar-refractivity contribution in [2.24, 2.45) is 0 Å². The zero-order chi connectivity index (χ0) is 15.4. The van der Waals surface area contributed by atoms with Crippen LogP contribution in [-0.4, -0.2) is 15.8 Å². The Bertz CT molecular complexity index is 709. The minimum atomic E-state index is -0.497. The Morgan fingerprint density at radius 3 is 2.86 bits per heavy atom. The average Bonchev–Trinajstić information content (AvgIpc) is 2.41. The van der Waals surface area contributed by atoms with Crippen molar-refractivity contribution in [1.82, 2.24) is 4.98 Å². The van der Waals surface area contributed by atoms with Gasteiger partial charge in [-0.1, -0.05) is 23.4 Å². The van der Waals surface area contributed by atoms with Crippen molar-refractivity contribution in [2.45, 2.75) is 16.8 Å². The summed E-state index contributed by atoms with van der Waals surface area (Å²) in [6.45, 7) is 1.37. The maximum absolute atomic E-state index is 11.2. The molecule has 8 heteroatoms. The van der Waals surface area contributed by atoms with Crippen molar-refractivity contribution >= 4 is 40.6 Å². The molecule has 21 heavy (non-hydrogen) atoms. The van der Waals surface area contributed by atoms with Crippen LogP contribution in [0.25, 0.3) is 0 Å². The molecule has 2 rings (SSSR count). The number of carbonyl (C=O) groups is 1. The maximum atomic E-state index is 11.2. The van der Waals surface area contributed by atoms with Crippen molar-refractivity contribution in [2.75, 3.05) is 5.32 Å². The molecule has 1 aromatic heterocycles. The quantitative estimate of drug-likeness (QED) is 0.684. The van der Waals surface area contributed by atoms with E-state index in [4.69, 9.17) is 11.6 Å². The number of aromatic nitrogens is 1.